The smallest absolute Gasteiger partial charge is 0.160 e. The van der Waals surface area contributed by atoms with Crippen molar-refractivity contribution >= 4 is 81.3 Å². The first-order valence-electron chi connectivity index (χ1n) is 18.7. The van der Waals surface area contributed by atoms with Gasteiger partial charge in [-0.1, -0.05) is 146 Å². The minimum absolute atomic E-state index is 0.861. The van der Waals surface area contributed by atoms with Gasteiger partial charge in [0.1, 0.15) is 5.58 Å². The Morgan fingerprint density at radius 2 is 1.00 bits per heavy atom. The largest absolute Gasteiger partial charge is 0.454 e. The van der Waals surface area contributed by atoms with Crippen molar-refractivity contribution < 1.29 is 4.42 Å². The molecule has 258 valence electrons. The maximum atomic E-state index is 6.84. The summed E-state index contributed by atoms with van der Waals surface area (Å²) in [5, 5.41) is 7.33. The van der Waals surface area contributed by atoms with Crippen LogP contribution in [0.2, 0.25) is 0 Å². The summed E-state index contributed by atoms with van der Waals surface area (Å²) in [5.41, 5.74) is 12.0. The fourth-order valence-corrected chi connectivity index (χ4v) is 9.39. The molecule has 9 aromatic carbocycles. The lowest BCUT2D eigenvalue weighted by molar-refractivity contribution is 0.669. The molecule has 0 fully saturated rings. The summed E-state index contributed by atoms with van der Waals surface area (Å²) in [5.74, 6) is 0. The highest BCUT2D eigenvalue weighted by Crippen LogP contribution is 2.47. The lowest BCUT2D eigenvalue weighted by atomic mass is 9.97. The first-order valence-corrected chi connectivity index (χ1v) is 19.5. The van der Waals surface area contributed by atoms with Crippen LogP contribution in [0.15, 0.2) is 205 Å². The third-order valence-electron chi connectivity index (χ3n) is 10.9. The second-order valence-corrected chi connectivity index (χ2v) is 15.2. The molecule has 2 nitrogen and oxygen atoms in total. The van der Waals surface area contributed by atoms with Gasteiger partial charge in [-0.3, -0.25) is 0 Å². The van der Waals surface area contributed by atoms with Crippen LogP contribution in [0.5, 0.6) is 0 Å². The molecule has 0 radical (unpaired) electrons. The van der Waals surface area contributed by atoms with Gasteiger partial charge in [0.25, 0.3) is 0 Å². The van der Waals surface area contributed by atoms with Crippen molar-refractivity contribution in [2.45, 2.75) is 0 Å². The van der Waals surface area contributed by atoms with E-state index in [1.807, 2.05) is 17.4 Å². The standard InChI is InChI=1S/C52H33NOS/c1-2-12-36(13-3-1)43-31-32-46(52-51(43)44-15-6-8-18-47(44)54-52)53(40-27-23-35(24-28-40)39-22-21-34-11-4-5-14-38(34)33-39)41-29-25-37(26-30-41)42-17-10-20-49-50(42)45-16-7-9-19-48(45)55-49/h1-33H. The van der Waals surface area contributed by atoms with E-state index < -0.39 is 0 Å². The number of rotatable bonds is 6. The van der Waals surface area contributed by atoms with Crippen LogP contribution in [0.4, 0.5) is 17.1 Å². The van der Waals surface area contributed by atoms with Crippen LogP contribution < -0.4 is 4.90 Å². The summed E-state index contributed by atoms with van der Waals surface area (Å²) in [6, 6.07) is 72.0. The van der Waals surface area contributed by atoms with E-state index in [1.165, 1.54) is 53.2 Å². The molecule has 0 unspecified atom stereocenters. The molecule has 0 aliphatic carbocycles. The van der Waals surface area contributed by atoms with Gasteiger partial charge < -0.3 is 9.32 Å². The van der Waals surface area contributed by atoms with E-state index in [0.29, 0.717) is 0 Å². The molecular formula is C52H33NOS. The molecule has 0 atom stereocenters. The molecule has 0 bridgehead atoms. The van der Waals surface area contributed by atoms with E-state index in [-0.39, 0.29) is 0 Å². The number of anilines is 3. The minimum atomic E-state index is 0.861. The number of hydrogen-bond acceptors (Lipinski definition) is 3. The van der Waals surface area contributed by atoms with E-state index >= 15 is 0 Å². The Labute approximate surface area is 322 Å². The Bertz CT molecular complexity index is 3190. The van der Waals surface area contributed by atoms with Gasteiger partial charge in [-0.15, -0.1) is 11.3 Å². The second kappa shape index (κ2) is 12.9. The zero-order chi connectivity index (χ0) is 36.3. The highest BCUT2D eigenvalue weighted by Gasteiger charge is 2.22. The van der Waals surface area contributed by atoms with Crippen LogP contribution in [0.1, 0.15) is 0 Å². The Balaban J connectivity index is 1.09. The summed E-state index contributed by atoms with van der Waals surface area (Å²) >= 11 is 1.86. The average molecular weight is 720 g/mol. The number of hydrogen-bond donors (Lipinski definition) is 0. The summed E-state index contributed by atoms with van der Waals surface area (Å²) in [4.78, 5) is 2.34. The van der Waals surface area contributed by atoms with Crippen molar-refractivity contribution in [2.24, 2.45) is 0 Å². The lowest BCUT2D eigenvalue weighted by Crippen LogP contribution is -2.10. The first-order chi connectivity index (χ1) is 27.3. The average Bonchev–Trinajstić information content (AvgIpc) is 3.84. The van der Waals surface area contributed by atoms with Crippen LogP contribution in [0, 0.1) is 0 Å². The van der Waals surface area contributed by atoms with E-state index in [4.69, 9.17) is 4.42 Å². The van der Waals surface area contributed by atoms with Crippen molar-refractivity contribution in [1.82, 2.24) is 0 Å². The number of thiophene rings is 1. The predicted octanol–water partition coefficient (Wildman–Crippen LogP) is 15.6. The van der Waals surface area contributed by atoms with Gasteiger partial charge in [0.15, 0.2) is 5.58 Å². The number of fused-ring (bicyclic) bond motifs is 7. The third kappa shape index (κ3) is 5.32. The van der Waals surface area contributed by atoms with Crippen molar-refractivity contribution in [1.29, 1.82) is 0 Å². The van der Waals surface area contributed by atoms with E-state index in [1.54, 1.807) is 0 Å². The van der Waals surface area contributed by atoms with Gasteiger partial charge in [0, 0.05) is 42.3 Å². The van der Waals surface area contributed by atoms with Crippen molar-refractivity contribution in [3.05, 3.63) is 200 Å². The van der Waals surface area contributed by atoms with Crippen LogP contribution in [0.25, 0.3) is 86.3 Å². The van der Waals surface area contributed by atoms with Gasteiger partial charge in [0.2, 0.25) is 0 Å². The molecule has 0 aliphatic heterocycles. The molecule has 55 heavy (non-hydrogen) atoms. The summed E-state index contributed by atoms with van der Waals surface area (Å²) in [6.07, 6.45) is 0. The Hall–Kier alpha value is -6.94. The molecule has 0 aliphatic rings. The molecule has 2 heterocycles. The van der Waals surface area contributed by atoms with Crippen molar-refractivity contribution in [3.63, 3.8) is 0 Å². The summed E-state index contributed by atoms with van der Waals surface area (Å²) in [7, 11) is 0. The van der Waals surface area contributed by atoms with E-state index in [9.17, 15) is 0 Å². The number of furan rings is 1. The van der Waals surface area contributed by atoms with Gasteiger partial charge in [-0.2, -0.15) is 0 Å². The topological polar surface area (TPSA) is 16.4 Å². The molecule has 11 aromatic rings. The van der Waals surface area contributed by atoms with Crippen molar-refractivity contribution in [3.8, 4) is 33.4 Å². The molecule has 0 amide bonds. The minimum Gasteiger partial charge on any atom is -0.454 e. The van der Waals surface area contributed by atoms with Gasteiger partial charge in [-0.05, 0) is 98.8 Å². The SMILES string of the molecule is c1ccc(-c2ccc(N(c3ccc(-c4ccc5ccccc5c4)cc3)c3ccc(-c4cccc5sc6ccccc6c45)cc3)c3oc4ccccc4c23)cc1. The molecule has 11 rings (SSSR count). The Morgan fingerprint density at radius 1 is 0.382 bits per heavy atom. The van der Waals surface area contributed by atoms with Crippen molar-refractivity contribution in [2.75, 3.05) is 4.90 Å². The fourth-order valence-electron chi connectivity index (χ4n) is 8.25. The monoisotopic (exact) mass is 719 g/mol. The summed E-state index contributed by atoms with van der Waals surface area (Å²) < 4.78 is 9.46. The quantitative estimate of drug-likeness (QED) is 0.170. The van der Waals surface area contributed by atoms with Crippen LogP contribution >= 0.6 is 11.3 Å². The second-order valence-electron chi connectivity index (χ2n) is 14.1. The maximum Gasteiger partial charge on any atom is 0.160 e. The number of para-hydroxylation sites is 1. The molecule has 0 saturated heterocycles. The maximum absolute atomic E-state index is 6.84. The number of benzene rings is 9. The highest BCUT2D eigenvalue weighted by atomic mass is 32.1. The Morgan fingerprint density at radius 3 is 1.82 bits per heavy atom. The van der Waals surface area contributed by atoms with Gasteiger partial charge in [0.05, 0.1) is 5.69 Å². The van der Waals surface area contributed by atoms with Crippen LogP contribution in [0.3, 0.4) is 0 Å². The first kappa shape index (κ1) is 31.6. The highest BCUT2D eigenvalue weighted by molar-refractivity contribution is 7.25. The van der Waals surface area contributed by atoms with E-state index in [2.05, 4.69) is 199 Å². The zero-order valence-electron chi connectivity index (χ0n) is 29.8. The molecule has 2 aromatic heterocycles. The lowest BCUT2D eigenvalue weighted by Gasteiger charge is -2.26. The summed E-state index contributed by atoms with van der Waals surface area (Å²) in [6.45, 7) is 0. The number of nitrogens with zero attached hydrogens (tertiary/aromatic N) is 1. The fraction of sp³-hybridized carbons (Fsp3) is 0. The molecule has 0 N–H and O–H groups in total. The predicted molar refractivity (Wildman–Crippen MR) is 235 cm³/mol. The Kier molecular flexibility index (Phi) is 7.39. The third-order valence-corrected chi connectivity index (χ3v) is 12.0. The zero-order valence-corrected chi connectivity index (χ0v) is 30.6. The molecule has 0 saturated carbocycles. The van der Waals surface area contributed by atoms with Gasteiger partial charge >= 0.3 is 0 Å². The van der Waals surface area contributed by atoms with Crippen LogP contribution in [-0.2, 0) is 0 Å². The van der Waals surface area contributed by atoms with E-state index in [0.717, 1.165) is 50.1 Å². The normalized spacial score (nSPS) is 11.6. The van der Waals surface area contributed by atoms with Gasteiger partial charge in [-0.25, -0.2) is 0 Å². The molecule has 3 heteroatoms. The van der Waals surface area contributed by atoms with Crippen LogP contribution in [-0.4, -0.2) is 0 Å². The molecule has 0 spiro atoms. The molecular weight excluding hydrogens is 687 g/mol.